The van der Waals surface area contributed by atoms with E-state index in [2.05, 4.69) is 31.3 Å². The van der Waals surface area contributed by atoms with Gasteiger partial charge in [0.1, 0.15) is 0 Å². The lowest BCUT2D eigenvalue weighted by Crippen LogP contribution is -2.02. The third kappa shape index (κ3) is 5.44. The molecule has 4 rings (SSSR count). The standard InChI is InChI=1S/C26H26N6O4/c1-33-21-11-9-17(13-23(21)35-3)15-27-29-25-19-7-5-6-8-20(19)26(32-31-25)30-28-16-18-10-12-22(34-2)24(14-18)36-4/h5-16H,1-4H3,(H,29,31)(H,30,32)/b27-15+,28-16+. The Bertz CT molecular complexity index is 1300. The number of hydrogen-bond donors (Lipinski definition) is 2. The summed E-state index contributed by atoms with van der Waals surface area (Å²) >= 11 is 0. The van der Waals surface area contributed by atoms with Crippen molar-refractivity contribution in [2.24, 2.45) is 10.2 Å². The van der Waals surface area contributed by atoms with E-state index in [9.17, 15) is 0 Å². The smallest absolute Gasteiger partial charge is 0.176 e. The first-order valence-electron chi connectivity index (χ1n) is 10.9. The van der Waals surface area contributed by atoms with Crippen molar-refractivity contribution in [3.63, 3.8) is 0 Å². The van der Waals surface area contributed by atoms with E-state index >= 15 is 0 Å². The average Bonchev–Trinajstić information content (AvgIpc) is 2.93. The SMILES string of the molecule is COc1ccc(/C=N/Nc2nnc(N/N=C/c3ccc(OC)c(OC)c3)c3ccccc23)cc1OC. The molecular weight excluding hydrogens is 460 g/mol. The number of nitrogens with one attached hydrogen (secondary N) is 2. The zero-order valence-electron chi connectivity index (χ0n) is 20.4. The van der Waals surface area contributed by atoms with Crippen molar-refractivity contribution in [3.8, 4) is 23.0 Å². The van der Waals surface area contributed by atoms with Gasteiger partial charge in [0.2, 0.25) is 0 Å². The molecule has 1 aromatic heterocycles. The summed E-state index contributed by atoms with van der Waals surface area (Å²) in [6.45, 7) is 0. The van der Waals surface area contributed by atoms with Crippen LogP contribution in [-0.4, -0.2) is 51.1 Å². The Labute approximate surface area is 208 Å². The molecule has 0 spiro atoms. The highest BCUT2D eigenvalue weighted by atomic mass is 16.5. The fourth-order valence-corrected chi connectivity index (χ4v) is 3.47. The number of methoxy groups -OCH3 is 4. The maximum atomic E-state index is 5.34. The van der Waals surface area contributed by atoms with E-state index in [1.165, 1.54) is 0 Å². The normalized spacial score (nSPS) is 11.1. The van der Waals surface area contributed by atoms with Crippen molar-refractivity contribution in [2.45, 2.75) is 0 Å². The van der Waals surface area contributed by atoms with Crippen molar-refractivity contribution >= 4 is 34.8 Å². The fourth-order valence-electron chi connectivity index (χ4n) is 3.47. The lowest BCUT2D eigenvalue weighted by Gasteiger charge is -2.09. The molecule has 36 heavy (non-hydrogen) atoms. The molecule has 0 fully saturated rings. The van der Waals surface area contributed by atoms with Gasteiger partial charge in [-0.25, -0.2) is 0 Å². The molecule has 1 heterocycles. The molecule has 0 atom stereocenters. The van der Waals surface area contributed by atoms with Crippen LogP contribution in [0.1, 0.15) is 11.1 Å². The summed E-state index contributed by atoms with van der Waals surface area (Å²) in [4.78, 5) is 0. The van der Waals surface area contributed by atoms with E-state index in [-0.39, 0.29) is 0 Å². The van der Waals surface area contributed by atoms with Crippen LogP contribution in [0.25, 0.3) is 10.8 Å². The van der Waals surface area contributed by atoms with E-state index in [1.54, 1.807) is 40.9 Å². The Morgan fingerprint density at radius 1 is 0.583 bits per heavy atom. The van der Waals surface area contributed by atoms with Crippen LogP contribution >= 0.6 is 0 Å². The van der Waals surface area contributed by atoms with Gasteiger partial charge in [0.15, 0.2) is 34.6 Å². The molecule has 0 amide bonds. The lowest BCUT2D eigenvalue weighted by molar-refractivity contribution is 0.355. The molecule has 0 saturated carbocycles. The van der Waals surface area contributed by atoms with Gasteiger partial charge in [0.05, 0.1) is 40.9 Å². The Morgan fingerprint density at radius 2 is 1.00 bits per heavy atom. The maximum absolute atomic E-state index is 5.34. The topological polar surface area (TPSA) is 111 Å². The fraction of sp³-hybridized carbons (Fsp3) is 0.154. The Morgan fingerprint density at radius 3 is 1.39 bits per heavy atom. The predicted molar refractivity (Wildman–Crippen MR) is 141 cm³/mol. The van der Waals surface area contributed by atoms with Gasteiger partial charge in [-0.15, -0.1) is 10.2 Å². The number of ether oxygens (including phenoxy) is 4. The van der Waals surface area contributed by atoms with Crippen LogP contribution in [0.15, 0.2) is 70.9 Å². The zero-order valence-corrected chi connectivity index (χ0v) is 20.4. The van der Waals surface area contributed by atoms with Crippen LogP contribution in [0.5, 0.6) is 23.0 Å². The third-order valence-corrected chi connectivity index (χ3v) is 5.27. The zero-order chi connectivity index (χ0) is 25.3. The number of fused-ring (bicyclic) bond motifs is 1. The highest BCUT2D eigenvalue weighted by Gasteiger charge is 2.09. The molecule has 0 bridgehead atoms. The Balaban J connectivity index is 1.51. The molecule has 10 heteroatoms. The monoisotopic (exact) mass is 486 g/mol. The molecule has 0 unspecified atom stereocenters. The minimum atomic E-state index is 0.511. The predicted octanol–water partition coefficient (Wildman–Crippen LogP) is 4.56. The molecule has 10 nitrogen and oxygen atoms in total. The van der Waals surface area contributed by atoms with Gasteiger partial charge < -0.3 is 18.9 Å². The van der Waals surface area contributed by atoms with Crippen LogP contribution in [-0.2, 0) is 0 Å². The van der Waals surface area contributed by atoms with Crippen LogP contribution in [0.3, 0.4) is 0 Å². The number of anilines is 2. The first kappa shape index (κ1) is 24.3. The Kier molecular flexibility index (Phi) is 7.76. The van der Waals surface area contributed by atoms with E-state index < -0.39 is 0 Å². The van der Waals surface area contributed by atoms with Gasteiger partial charge >= 0.3 is 0 Å². The largest absolute Gasteiger partial charge is 0.493 e. The van der Waals surface area contributed by atoms with E-state index in [0.717, 1.165) is 21.9 Å². The number of nitrogens with zero attached hydrogens (tertiary/aromatic N) is 4. The van der Waals surface area contributed by atoms with E-state index in [4.69, 9.17) is 18.9 Å². The maximum Gasteiger partial charge on any atom is 0.176 e. The number of hydrogen-bond acceptors (Lipinski definition) is 10. The first-order chi connectivity index (χ1) is 17.7. The molecule has 2 N–H and O–H groups in total. The summed E-state index contributed by atoms with van der Waals surface area (Å²) in [6, 6.07) is 18.8. The molecule has 4 aromatic rings. The third-order valence-electron chi connectivity index (χ3n) is 5.27. The van der Waals surface area contributed by atoms with Gasteiger partial charge in [0, 0.05) is 10.8 Å². The summed E-state index contributed by atoms with van der Waals surface area (Å²) in [5, 5.41) is 18.9. The number of rotatable bonds is 10. The molecular formula is C26H26N6O4. The van der Waals surface area contributed by atoms with Crippen LogP contribution in [0.2, 0.25) is 0 Å². The van der Waals surface area contributed by atoms with Gasteiger partial charge in [0.25, 0.3) is 0 Å². The molecule has 0 saturated heterocycles. The minimum absolute atomic E-state index is 0.511. The van der Waals surface area contributed by atoms with Gasteiger partial charge in [-0.1, -0.05) is 24.3 Å². The van der Waals surface area contributed by atoms with Crippen molar-refractivity contribution in [1.29, 1.82) is 0 Å². The first-order valence-corrected chi connectivity index (χ1v) is 10.9. The summed E-state index contributed by atoms with van der Waals surface area (Å²) in [7, 11) is 6.37. The molecule has 3 aromatic carbocycles. The number of hydrazone groups is 2. The van der Waals surface area contributed by atoms with Gasteiger partial charge in [-0.3, -0.25) is 10.9 Å². The van der Waals surface area contributed by atoms with Crippen molar-refractivity contribution in [1.82, 2.24) is 10.2 Å². The van der Waals surface area contributed by atoms with Crippen LogP contribution in [0.4, 0.5) is 11.6 Å². The number of benzene rings is 3. The summed E-state index contributed by atoms with van der Waals surface area (Å²) in [5.41, 5.74) is 7.60. The lowest BCUT2D eigenvalue weighted by atomic mass is 10.2. The molecule has 0 aliphatic carbocycles. The van der Waals surface area contributed by atoms with Gasteiger partial charge in [-0.05, 0) is 47.5 Å². The van der Waals surface area contributed by atoms with Crippen LogP contribution < -0.4 is 29.8 Å². The summed E-state index contributed by atoms with van der Waals surface area (Å²) < 4.78 is 21.2. The molecule has 184 valence electrons. The average molecular weight is 487 g/mol. The van der Waals surface area contributed by atoms with Crippen molar-refractivity contribution in [3.05, 3.63) is 71.8 Å². The second-order valence-corrected chi connectivity index (χ2v) is 7.41. The molecule has 0 aliphatic rings. The Hall–Kier alpha value is -4.86. The molecule has 0 aliphatic heterocycles. The number of aromatic nitrogens is 2. The summed E-state index contributed by atoms with van der Waals surface area (Å²) in [6.07, 6.45) is 3.33. The second-order valence-electron chi connectivity index (χ2n) is 7.41. The van der Waals surface area contributed by atoms with Crippen molar-refractivity contribution < 1.29 is 18.9 Å². The van der Waals surface area contributed by atoms with Crippen LogP contribution in [0, 0.1) is 0 Å². The van der Waals surface area contributed by atoms with Gasteiger partial charge in [-0.2, -0.15) is 10.2 Å². The summed E-state index contributed by atoms with van der Waals surface area (Å²) in [5.74, 6) is 3.56. The van der Waals surface area contributed by atoms with E-state index in [1.807, 2.05) is 60.7 Å². The molecule has 0 radical (unpaired) electrons. The highest BCUT2D eigenvalue weighted by Crippen LogP contribution is 2.29. The minimum Gasteiger partial charge on any atom is -0.493 e. The van der Waals surface area contributed by atoms with E-state index in [0.29, 0.717) is 34.6 Å². The van der Waals surface area contributed by atoms with Crippen molar-refractivity contribution in [2.75, 3.05) is 39.3 Å². The quantitative estimate of drug-likeness (QED) is 0.248. The highest BCUT2D eigenvalue weighted by molar-refractivity contribution is 5.98. The second kappa shape index (κ2) is 11.5.